The van der Waals surface area contributed by atoms with Gasteiger partial charge in [0.25, 0.3) is 5.91 Å². The first-order valence-corrected chi connectivity index (χ1v) is 8.29. The second-order valence-electron chi connectivity index (χ2n) is 6.23. The van der Waals surface area contributed by atoms with Gasteiger partial charge in [-0.3, -0.25) is 4.79 Å². The molecule has 4 rings (SSSR count). The molecule has 1 aliphatic heterocycles. The average molecular weight is 372 g/mol. The maximum Gasteiger partial charge on any atom is 0.416 e. The van der Waals surface area contributed by atoms with Crippen LogP contribution in [0.5, 0.6) is 0 Å². The minimum absolute atomic E-state index is 0.133. The predicted octanol–water partition coefficient (Wildman–Crippen LogP) is 5.07. The first-order chi connectivity index (χ1) is 12.9. The van der Waals surface area contributed by atoms with Crippen molar-refractivity contribution >= 4 is 11.6 Å². The summed E-state index contributed by atoms with van der Waals surface area (Å²) in [6.45, 7) is 0.133. The van der Waals surface area contributed by atoms with Gasteiger partial charge < -0.3 is 14.6 Å². The molecule has 3 aromatic rings. The van der Waals surface area contributed by atoms with Crippen molar-refractivity contribution in [3.63, 3.8) is 0 Å². The van der Waals surface area contributed by atoms with Gasteiger partial charge >= 0.3 is 6.18 Å². The lowest BCUT2D eigenvalue weighted by atomic mass is 10.0. The Morgan fingerprint density at radius 3 is 2.59 bits per heavy atom. The number of hydrogen-bond donors (Lipinski definition) is 1. The molecule has 0 radical (unpaired) electrons. The van der Waals surface area contributed by atoms with E-state index >= 15 is 0 Å². The van der Waals surface area contributed by atoms with Crippen molar-refractivity contribution in [1.82, 2.24) is 4.90 Å². The molecule has 0 saturated carbocycles. The zero-order valence-electron chi connectivity index (χ0n) is 14.0. The Hall–Kier alpha value is -3.22. The van der Waals surface area contributed by atoms with Gasteiger partial charge in [0.1, 0.15) is 11.9 Å². The van der Waals surface area contributed by atoms with E-state index in [1.54, 1.807) is 42.5 Å². The van der Waals surface area contributed by atoms with Crippen LogP contribution in [0.25, 0.3) is 0 Å². The zero-order chi connectivity index (χ0) is 19.0. The zero-order valence-corrected chi connectivity index (χ0v) is 14.0. The van der Waals surface area contributed by atoms with Gasteiger partial charge in [-0.15, -0.1) is 0 Å². The SMILES string of the molecule is O=C1c2ccccc2N[C@H](c2cccc(C(F)(F)F)c2)N1Cc1ccco1. The number of benzene rings is 2. The number of furan rings is 1. The van der Waals surface area contributed by atoms with Gasteiger partial charge in [-0.05, 0) is 42.0 Å². The van der Waals surface area contributed by atoms with Gasteiger partial charge in [-0.1, -0.05) is 24.3 Å². The normalized spacial score (nSPS) is 16.8. The van der Waals surface area contributed by atoms with Crippen LogP contribution >= 0.6 is 0 Å². The van der Waals surface area contributed by atoms with Crippen LogP contribution in [0.1, 0.15) is 33.4 Å². The molecule has 0 saturated heterocycles. The van der Waals surface area contributed by atoms with Crippen molar-refractivity contribution < 1.29 is 22.4 Å². The number of alkyl halides is 3. The molecule has 1 amide bonds. The molecule has 0 fully saturated rings. The van der Waals surface area contributed by atoms with Gasteiger partial charge in [0.15, 0.2) is 0 Å². The number of hydrogen-bond acceptors (Lipinski definition) is 3. The molecular formula is C20H15F3N2O2. The van der Waals surface area contributed by atoms with E-state index in [4.69, 9.17) is 4.42 Å². The van der Waals surface area contributed by atoms with Crippen molar-refractivity contribution in [3.8, 4) is 0 Å². The number of amides is 1. The highest BCUT2D eigenvalue weighted by Gasteiger charge is 2.35. The maximum absolute atomic E-state index is 13.1. The standard InChI is InChI=1S/C20H15F3N2O2/c21-20(22,23)14-6-3-5-13(11-14)18-24-17-9-2-1-8-16(17)19(26)25(18)12-15-7-4-10-27-15/h1-11,18,24H,12H2/t18-/m0/s1. The molecule has 0 unspecified atom stereocenters. The Morgan fingerprint density at radius 2 is 1.85 bits per heavy atom. The van der Waals surface area contributed by atoms with Gasteiger partial charge in [0.2, 0.25) is 0 Å². The number of rotatable bonds is 3. The van der Waals surface area contributed by atoms with Crippen LogP contribution in [-0.4, -0.2) is 10.8 Å². The van der Waals surface area contributed by atoms with Crippen LogP contribution in [0.15, 0.2) is 71.3 Å². The summed E-state index contributed by atoms with van der Waals surface area (Å²) in [7, 11) is 0. The lowest BCUT2D eigenvalue weighted by Gasteiger charge is -2.38. The third-order valence-corrected chi connectivity index (χ3v) is 4.46. The number of carbonyl (C=O) groups excluding carboxylic acids is 1. The third-order valence-electron chi connectivity index (χ3n) is 4.46. The van der Waals surface area contributed by atoms with Crippen molar-refractivity contribution in [1.29, 1.82) is 0 Å². The van der Waals surface area contributed by atoms with E-state index in [-0.39, 0.29) is 12.5 Å². The Labute approximate surface area is 153 Å². The molecule has 4 nitrogen and oxygen atoms in total. The number of nitrogens with zero attached hydrogens (tertiary/aromatic N) is 1. The quantitative estimate of drug-likeness (QED) is 0.699. The fourth-order valence-electron chi connectivity index (χ4n) is 3.17. The van der Waals surface area contributed by atoms with E-state index < -0.39 is 17.9 Å². The van der Waals surface area contributed by atoms with Crippen molar-refractivity contribution in [2.45, 2.75) is 18.9 Å². The van der Waals surface area contributed by atoms with E-state index in [9.17, 15) is 18.0 Å². The molecule has 138 valence electrons. The highest BCUT2D eigenvalue weighted by atomic mass is 19.4. The molecule has 7 heteroatoms. The van der Waals surface area contributed by atoms with Crippen molar-refractivity contribution in [2.75, 3.05) is 5.32 Å². The van der Waals surface area contributed by atoms with E-state index in [0.717, 1.165) is 12.1 Å². The summed E-state index contributed by atoms with van der Waals surface area (Å²) >= 11 is 0. The summed E-state index contributed by atoms with van der Waals surface area (Å²) in [6, 6.07) is 15.3. The van der Waals surface area contributed by atoms with E-state index in [2.05, 4.69) is 5.32 Å². The molecule has 2 heterocycles. The Bertz CT molecular complexity index is 967. The van der Waals surface area contributed by atoms with Crippen molar-refractivity contribution in [3.05, 3.63) is 89.4 Å². The Balaban J connectivity index is 1.77. The lowest BCUT2D eigenvalue weighted by Crippen LogP contribution is -2.42. The average Bonchev–Trinajstić information content (AvgIpc) is 3.16. The monoisotopic (exact) mass is 372 g/mol. The van der Waals surface area contributed by atoms with Gasteiger partial charge in [0, 0.05) is 5.69 Å². The first kappa shape index (κ1) is 17.2. The molecule has 0 bridgehead atoms. The topological polar surface area (TPSA) is 45.5 Å². The first-order valence-electron chi connectivity index (χ1n) is 8.29. The fraction of sp³-hybridized carbons (Fsp3) is 0.150. The summed E-state index contributed by atoms with van der Waals surface area (Å²) in [6.07, 6.45) is -3.72. The van der Waals surface area contributed by atoms with Gasteiger partial charge in [0.05, 0.1) is 23.9 Å². The molecule has 0 spiro atoms. The van der Waals surface area contributed by atoms with Crippen LogP contribution in [0, 0.1) is 0 Å². The number of para-hydroxylation sites is 1. The predicted molar refractivity (Wildman–Crippen MR) is 92.8 cm³/mol. The molecule has 27 heavy (non-hydrogen) atoms. The largest absolute Gasteiger partial charge is 0.467 e. The maximum atomic E-state index is 13.1. The van der Waals surface area contributed by atoms with Crippen LogP contribution in [0.2, 0.25) is 0 Å². The molecule has 1 N–H and O–H groups in total. The summed E-state index contributed by atoms with van der Waals surface area (Å²) in [5, 5.41) is 3.18. The lowest BCUT2D eigenvalue weighted by molar-refractivity contribution is -0.137. The van der Waals surface area contributed by atoms with Crippen molar-refractivity contribution in [2.24, 2.45) is 0 Å². The molecule has 0 aliphatic carbocycles. The molecule has 1 aromatic heterocycles. The minimum atomic E-state index is -4.46. The summed E-state index contributed by atoms with van der Waals surface area (Å²) in [5.41, 5.74) is 0.637. The summed E-state index contributed by atoms with van der Waals surface area (Å²) in [5.74, 6) is 0.268. The molecule has 1 atom stereocenters. The molecule has 2 aromatic carbocycles. The van der Waals surface area contributed by atoms with Crippen LogP contribution in [-0.2, 0) is 12.7 Å². The smallest absolute Gasteiger partial charge is 0.416 e. The number of fused-ring (bicyclic) bond motifs is 1. The van der Waals surface area contributed by atoms with Gasteiger partial charge in [-0.2, -0.15) is 13.2 Å². The second-order valence-corrected chi connectivity index (χ2v) is 6.23. The minimum Gasteiger partial charge on any atom is -0.467 e. The Kier molecular flexibility index (Phi) is 4.14. The van der Waals surface area contributed by atoms with E-state index in [1.165, 1.54) is 17.2 Å². The van der Waals surface area contributed by atoms with E-state index in [0.29, 0.717) is 22.6 Å². The number of carbonyl (C=O) groups is 1. The number of anilines is 1. The summed E-state index contributed by atoms with van der Waals surface area (Å²) < 4.78 is 44.7. The van der Waals surface area contributed by atoms with Gasteiger partial charge in [-0.25, -0.2) is 0 Å². The third kappa shape index (κ3) is 3.28. The summed E-state index contributed by atoms with van der Waals surface area (Å²) in [4.78, 5) is 14.5. The second kappa shape index (κ2) is 6.50. The Morgan fingerprint density at radius 1 is 1.04 bits per heavy atom. The van der Waals surface area contributed by atoms with E-state index in [1.807, 2.05) is 0 Å². The number of nitrogens with one attached hydrogen (secondary N) is 1. The molecular weight excluding hydrogens is 357 g/mol. The van der Waals surface area contributed by atoms with Crippen LogP contribution in [0.4, 0.5) is 18.9 Å². The highest BCUT2D eigenvalue weighted by molar-refractivity contribution is 6.01. The number of halogens is 3. The highest BCUT2D eigenvalue weighted by Crippen LogP contribution is 2.36. The molecule has 1 aliphatic rings. The van der Waals surface area contributed by atoms with Crippen LogP contribution in [0.3, 0.4) is 0 Å². The van der Waals surface area contributed by atoms with Crippen LogP contribution < -0.4 is 5.32 Å². The fourth-order valence-corrected chi connectivity index (χ4v) is 3.17.